The highest BCUT2D eigenvalue weighted by molar-refractivity contribution is 5.76. The normalized spacial score (nSPS) is 12.2. The summed E-state index contributed by atoms with van der Waals surface area (Å²) >= 11 is 0. The summed E-state index contributed by atoms with van der Waals surface area (Å²) in [4.78, 5) is 12.3. The number of hydrogen-bond acceptors (Lipinski definition) is 1. The van der Waals surface area contributed by atoms with Crippen molar-refractivity contribution in [1.29, 1.82) is 0 Å². The largest absolute Gasteiger partial charge is 0.349 e. The van der Waals surface area contributed by atoms with Crippen LogP contribution in [0.3, 0.4) is 0 Å². The molecule has 1 atom stereocenters. The van der Waals surface area contributed by atoms with E-state index in [4.69, 9.17) is 0 Å². The Morgan fingerprint density at radius 1 is 1.00 bits per heavy atom. The van der Waals surface area contributed by atoms with E-state index >= 15 is 0 Å². The van der Waals surface area contributed by atoms with Crippen LogP contribution < -0.4 is 5.32 Å². The summed E-state index contributed by atoms with van der Waals surface area (Å²) in [6, 6.07) is 18.7. The van der Waals surface area contributed by atoms with Gasteiger partial charge in [-0.2, -0.15) is 0 Å². The number of nitrogens with one attached hydrogen (secondary N) is 1. The third-order valence-electron chi connectivity index (χ3n) is 4.01. The van der Waals surface area contributed by atoms with Crippen LogP contribution in [0.4, 0.5) is 0 Å². The molecule has 0 fully saturated rings. The molecule has 1 amide bonds. The zero-order valence-electron chi connectivity index (χ0n) is 14.4. The second kappa shape index (κ2) is 8.52. The van der Waals surface area contributed by atoms with Gasteiger partial charge in [0.05, 0.1) is 6.04 Å². The molecule has 23 heavy (non-hydrogen) atoms. The summed E-state index contributed by atoms with van der Waals surface area (Å²) in [5.74, 6) is 0.665. The maximum Gasteiger partial charge on any atom is 0.220 e. The first-order chi connectivity index (χ1) is 11.0. The average molecular weight is 309 g/mol. The van der Waals surface area contributed by atoms with Crippen molar-refractivity contribution < 1.29 is 4.79 Å². The first-order valence-corrected chi connectivity index (χ1v) is 8.44. The quantitative estimate of drug-likeness (QED) is 0.779. The fourth-order valence-corrected chi connectivity index (χ4v) is 2.71. The Morgan fingerprint density at radius 3 is 2.26 bits per heavy atom. The van der Waals surface area contributed by atoms with Gasteiger partial charge in [0.2, 0.25) is 5.91 Å². The van der Waals surface area contributed by atoms with E-state index in [1.165, 1.54) is 16.7 Å². The van der Waals surface area contributed by atoms with Gasteiger partial charge >= 0.3 is 0 Å². The van der Waals surface area contributed by atoms with Gasteiger partial charge in [0.1, 0.15) is 0 Å². The van der Waals surface area contributed by atoms with E-state index in [1.807, 2.05) is 18.2 Å². The highest BCUT2D eigenvalue weighted by Crippen LogP contribution is 2.21. The summed E-state index contributed by atoms with van der Waals surface area (Å²) in [5, 5.41) is 3.21. The summed E-state index contributed by atoms with van der Waals surface area (Å²) in [5.41, 5.74) is 3.65. The van der Waals surface area contributed by atoms with Gasteiger partial charge in [-0.3, -0.25) is 4.79 Å². The molecule has 0 radical (unpaired) electrons. The minimum absolute atomic E-state index is 0.0988. The maximum absolute atomic E-state index is 12.3. The van der Waals surface area contributed by atoms with Crippen molar-refractivity contribution in [3.05, 3.63) is 71.3 Å². The first kappa shape index (κ1) is 17.3. The number of amides is 1. The summed E-state index contributed by atoms with van der Waals surface area (Å²) in [6.07, 6.45) is 2.28. The van der Waals surface area contributed by atoms with Gasteiger partial charge in [0.25, 0.3) is 0 Å². The van der Waals surface area contributed by atoms with E-state index in [1.54, 1.807) is 0 Å². The van der Waals surface area contributed by atoms with Crippen molar-refractivity contribution in [3.8, 4) is 0 Å². The number of hydrogen-bond donors (Lipinski definition) is 1. The molecule has 0 spiro atoms. The molecule has 0 aliphatic rings. The molecule has 0 saturated heterocycles. The van der Waals surface area contributed by atoms with Crippen LogP contribution in [-0.4, -0.2) is 5.91 Å². The first-order valence-electron chi connectivity index (χ1n) is 8.44. The predicted octanol–water partition coefficient (Wildman–Crippen LogP) is 4.83. The summed E-state index contributed by atoms with van der Waals surface area (Å²) in [6.45, 7) is 6.45. The van der Waals surface area contributed by atoms with Gasteiger partial charge in [-0.15, -0.1) is 0 Å². The lowest BCUT2D eigenvalue weighted by Gasteiger charge is -2.21. The lowest BCUT2D eigenvalue weighted by Crippen LogP contribution is -2.29. The Bertz CT molecular complexity index is 601. The van der Waals surface area contributed by atoms with Gasteiger partial charge in [-0.25, -0.2) is 0 Å². The van der Waals surface area contributed by atoms with Gasteiger partial charge < -0.3 is 5.32 Å². The standard InChI is InChI=1S/C21H27NO/c1-16(2)15-20(19-7-5-4-6-8-19)22-21(23)14-13-18-11-9-17(3)10-12-18/h4-12,16,20H,13-15H2,1-3H3,(H,22,23)/t20-/m1/s1. The van der Waals surface area contributed by atoms with Crippen LogP contribution in [0.25, 0.3) is 0 Å². The molecule has 2 heteroatoms. The topological polar surface area (TPSA) is 29.1 Å². The van der Waals surface area contributed by atoms with E-state index in [0.29, 0.717) is 12.3 Å². The zero-order valence-corrected chi connectivity index (χ0v) is 14.4. The molecule has 0 bridgehead atoms. The SMILES string of the molecule is Cc1ccc(CCC(=O)N[C@H](CC(C)C)c2ccccc2)cc1. The predicted molar refractivity (Wildman–Crippen MR) is 96.3 cm³/mol. The highest BCUT2D eigenvalue weighted by Gasteiger charge is 2.15. The average Bonchev–Trinajstić information content (AvgIpc) is 2.54. The van der Waals surface area contributed by atoms with E-state index in [9.17, 15) is 4.79 Å². The van der Waals surface area contributed by atoms with Crippen molar-refractivity contribution in [2.45, 2.75) is 46.1 Å². The molecule has 0 aliphatic heterocycles. The molecular formula is C21H27NO. The molecule has 0 saturated carbocycles. The molecule has 2 nitrogen and oxygen atoms in total. The Labute approximate surface area is 139 Å². The molecule has 2 aromatic rings. The van der Waals surface area contributed by atoms with Gasteiger partial charge in [0, 0.05) is 6.42 Å². The number of carbonyl (C=O) groups excluding carboxylic acids is 1. The van der Waals surface area contributed by atoms with Crippen LogP contribution in [0.2, 0.25) is 0 Å². The van der Waals surface area contributed by atoms with Gasteiger partial charge in [-0.05, 0) is 36.8 Å². The number of benzene rings is 2. The van der Waals surface area contributed by atoms with Crippen molar-refractivity contribution in [1.82, 2.24) is 5.32 Å². The number of rotatable bonds is 7. The highest BCUT2D eigenvalue weighted by atomic mass is 16.1. The minimum atomic E-state index is 0.0988. The molecule has 0 aliphatic carbocycles. The van der Waals surface area contributed by atoms with Gasteiger partial charge in [0.15, 0.2) is 0 Å². The van der Waals surface area contributed by atoms with Crippen molar-refractivity contribution in [2.24, 2.45) is 5.92 Å². The van der Waals surface area contributed by atoms with Crippen molar-refractivity contribution in [3.63, 3.8) is 0 Å². The van der Waals surface area contributed by atoms with Crippen LogP contribution in [0.15, 0.2) is 54.6 Å². The number of aryl methyl sites for hydroxylation is 2. The van der Waals surface area contributed by atoms with Crippen LogP contribution in [0.5, 0.6) is 0 Å². The fourth-order valence-electron chi connectivity index (χ4n) is 2.71. The second-order valence-corrected chi connectivity index (χ2v) is 6.65. The van der Waals surface area contributed by atoms with E-state index in [0.717, 1.165) is 12.8 Å². The van der Waals surface area contributed by atoms with Crippen LogP contribution in [0.1, 0.15) is 49.4 Å². The van der Waals surface area contributed by atoms with Crippen LogP contribution >= 0.6 is 0 Å². The molecular weight excluding hydrogens is 282 g/mol. The number of carbonyl (C=O) groups is 1. The zero-order chi connectivity index (χ0) is 16.7. The van der Waals surface area contributed by atoms with Crippen molar-refractivity contribution in [2.75, 3.05) is 0 Å². The fraction of sp³-hybridized carbons (Fsp3) is 0.381. The maximum atomic E-state index is 12.3. The third-order valence-corrected chi connectivity index (χ3v) is 4.01. The molecule has 0 unspecified atom stereocenters. The van der Waals surface area contributed by atoms with Crippen LogP contribution in [0, 0.1) is 12.8 Å². The van der Waals surface area contributed by atoms with Crippen LogP contribution in [-0.2, 0) is 11.2 Å². The Kier molecular flexibility index (Phi) is 6.40. The monoisotopic (exact) mass is 309 g/mol. The molecule has 2 rings (SSSR count). The van der Waals surface area contributed by atoms with E-state index < -0.39 is 0 Å². The Morgan fingerprint density at radius 2 is 1.65 bits per heavy atom. The van der Waals surface area contributed by atoms with E-state index in [2.05, 4.69) is 62.5 Å². The van der Waals surface area contributed by atoms with Crippen molar-refractivity contribution >= 4 is 5.91 Å². The third kappa shape index (κ3) is 5.90. The lowest BCUT2D eigenvalue weighted by atomic mass is 9.96. The molecule has 0 aromatic heterocycles. The summed E-state index contributed by atoms with van der Waals surface area (Å²) in [7, 11) is 0. The van der Waals surface area contributed by atoms with Gasteiger partial charge in [-0.1, -0.05) is 74.0 Å². The lowest BCUT2D eigenvalue weighted by molar-refractivity contribution is -0.121. The molecule has 2 aromatic carbocycles. The summed E-state index contributed by atoms with van der Waals surface area (Å²) < 4.78 is 0. The Hall–Kier alpha value is -2.09. The minimum Gasteiger partial charge on any atom is -0.349 e. The van der Waals surface area contributed by atoms with E-state index in [-0.39, 0.29) is 11.9 Å². The smallest absolute Gasteiger partial charge is 0.220 e. The molecule has 122 valence electrons. The molecule has 0 heterocycles. The molecule has 1 N–H and O–H groups in total. The Balaban J connectivity index is 1.93. The second-order valence-electron chi connectivity index (χ2n) is 6.65.